The molecule has 2 rings (SSSR count). The lowest BCUT2D eigenvalue weighted by Gasteiger charge is -2.26. The van der Waals surface area contributed by atoms with Crippen LogP contribution in [0.15, 0.2) is 0 Å². The fraction of sp³-hybridized carbons (Fsp3) is 0.818. The average Bonchev–Trinajstić information content (AvgIpc) is 2.62. The number of hydrogen-bond acceptors (Lipinski definition) is 3. The Morgan fingerprint density at radius 3 is 3.00 bits per heavy atom. The molecule has 1 aromatic rings. The zero-order valence-corrected chi connectivity index (χ0v) is 9.66. The van der Waals surface area contributed by atoms with Crippen molar-refractivity contribution in [2.75, 3.05) is 13.1 Å². The lowest BCUT2D eigenvalue weighted by molar-refractivity contribution is 0.358. The number of piperidine rings is 1. The van der Waals surface area contributed by atoms with Gasteiger partial charge < -0.3 is 9.88 Å². The van der Waals surface area contributed by atoms with Crippen LogP contribution in [0.2, 0.25) is 0 Å². The number of nitrogens with one attached hydrogen (secondary N) is 1. The van der Waals surface area contributed by atoms with Gasteiger partial charge in [-0.25, -0.2) is 0 Å². The van der Waals surface area contributed by atoms with Crippen LogP contribution in [0.5, 0.6) is 0 Å². The van der Waals surface area contributed by atoms with E-state index < -0.39 is 0 Å². The monoisotopic (exact) mass is 208 g/mol. The fourth-order valence-electron chi connectivity index (χ4n) is 2.34. The molecule has 1 fully saturated rings. The van der Waals surface area contributed by atoms with E-state index >= 15 is 0 Å². The zero-order valence-electron chi connectivity index (χ0n) is 9.66. The van der Waals surface area contributed by atoms with Gasteiger partial charge in [-0.05, 0) is 32.7 Å². The Hall–Kier alpha value is -0.900. The van der Waals surface area contributed by atoms with Gasteiger partial charge in [0.2, 0.25) is 0 Å². The van der Waals surface area contributed by atoms with Crippen molar-refractivity contribution in [3.8, 4) is 0 Å². The Balaban J connectivity index is 2.19. The van der Waals surface area contributed by atoms with Crippen LogP contribution in [-0.4, -0.2) is 27.9 Å². The summed E-state index contributed by atoms with van der Waals surface area (Å²) in [4.78, 5) is 0. The summed E-state index contributed by atoms with van der Waals surface area (Å²) >= 11 is 0. The molecule has 1 aliphatic rings. The first kappa shape index (κ1) is 10.6. The number of rotatable bonds is 3. The van der Waals surface area contributed by atoms with Gasteiger partial charge in [-0.15, -0.1) is 10.2 Å². The van der Waals surface area contributed by atoms with E-state index in [1.54, 1.807) is 0 Å². The molecule has 0 spiro atoms. The molecule has 1 saturated heterocycles. The Kier molecular flexibility index (Phi) is 3.36. The molecule has 2 heterocycles. The highest BCUT2D eigenvalue weighted by atomic mass is 15.3. The highest BCUT2D eigenvalue weighted by molar-refractivity contribution is 4.98. The van der Waals surface area contributed by atoms with Gasteiger partial charge >= 0.3 is 0 Å². The molecule has 1 N–H and O–H groups in total. The van der Waals surface area contributed by atoms with E-state index in [4.69, 9.17) is 0 Å². The van der Waals surface area contributed by atoms with E-state index in [2.05, 4.69) is 33.9 Å². The lowest BCUT2D eigenvalue weighted by Crippen LogP contribution is -2.32. The normalized spacial score (nSPS) is 21.9. The number of aryl methyl sites for hydroxylation is 2. The standard InChI is InChI=1S/C11H20N4/c1-3-5-11-14-13-9(2)15(11)10-6-4-7-12-8-10/h10,12H,3-8H2,1-2H3. The van der Waals surface area contributed by atoms with E-state index in [0.29, 0.717) is 6.04 Å². The SMILES string of the molecule is CCCc1nnc(C)n1C1CCCNC1. The molecule has 0 aromatic carbocycles. The van der Waals surface area contributed by atoms with Crippen molar-refractivity contribution in [1.29, 1.82) is 0 Å². The summed E-state index contributed by atoms with van der Waals surface area (Å²) in [5.41, 5.74) is 0. The van der Waals surface area contributed by atoms with E-state index in [1.807, 2.05) is 0 Å². The highest BCUT2D eigenvalue weighted by Crippen LogP contribution is 2.20. The van der Waals surface area contributed by atoms with Crippen LogP contribution in [0.4, 0.5) is 0 Å². The minimum Gasteiger partial charge on any atom is -0.315 e. The smallest absolute Gasteiger partial charge is 0.133 e. The van der Waals surface area contributed by atoms with Gasteiger partial charge in [-0.3, -0.25) is 0 Å². The Bertz CT molecular complexity index is 312. The molecule has 1 aliphatic heterocycles. The van der Waals surface area contributed by atoms with Crippen LogP contribution in [0.25, 0.3) is 0 Å². The average molecular weight is 208 g/mol. The summed E-state index contributed by atoms with van der Waals surface area (Å²) in [7, 11) is 0. The third-order valence-electron chi connectivity index (χ3n) is 3.05. The largest absolute Gasteiger partial charge is 0.315 e. The lowest BCUT2D eigenvalue weighted by atomic mass is 10.1. The maximum atomic E-state index is 4.27. The number of aromatic nitrogens is 3. The van der Waals surface area contributed by atoms with Gasteiger partial charge in [-0.2, -0.15) is 0 Å². The first-order valence-electron chi connectivity index (χ1n) is 5.94. The van der Waals surface area contributed by atoms with Crippen molar-refractivity contribution in [2.24, 2.45) is 0 Å². The van der Waals surface area contributed by atoms with Crippen molar-refractivity contribution in [3.05, 3.63) is 11.6 Å². The van der Waals surface area contributed by atoms with Crippen molar-refractivity contribution in [2.45, 2.75) is 45.6 Å². The molecule has 1 aromatic heterocycles. The quantitative estimate of drug-likeness (QED) is 0.818. The maximum absolute atomic E-state index is 4.27. The zero-order chi connectivity index (χ0) is 10.7. The molecule has 0 radical (unpaired) electrons. The van der Waals surface area contributed by atoms with E-state index in [-0.39, 0.29) is 0 Å². The summed E-state index contributed by atoms with van der Waals surface area (Å²) in [6.07, 6.45) is 4.69. The first-order chi connectivity index (χ1) is 7.33. The summed E-state index contributed by atoms with van der Waals surface area (Å²) in [5, 5.41) is 11.9. The van der Waals surface area contributed by atoms with Crippen molar-refractivity contribution in [3.63, 3.8) is 0 Å². The van der Waals surface area contributed by atoms with Crippen molar-refractivity contribution in [1.82, 2.24) is 20.1 Å². The van der Waals surface area contributed by atoms with Crippen LogP contribution in [0.1, 0.15) is 43.9 Å². The predicted octanol–water partition coefficient (Wildman–Crippen LogP) is 1.46. The minimum absolute atomic E-state index is 0.565. The molecule has 1 atom stereocenters. The van der Waals surface area contributed by atoms with Crippen molar-refractivity contribution < 1.29 is 0 Å². The summed E-state index contributed by atoms with van der Waals surface area (Å²) < 4.78 is 2.33. The van der Waals surface area contributed by atoms with Crippen LogP contribution >= 0.6 is 0 Å². The number of nitrogens with zero attached hydrogens (tertiary/aromatic N) is 3. The molecule has 0 saturated carbocycles. The molecule has 0 amide bonds. The summed E-state index contributed by atoms with van der Waals surface area (Å²) in [6.45, 7) is 6.46. The van der Waals surface area contributed by atoms with Gasteiger partial charge in [0.1, 0.15) is 11.6 Å². The molecule has 0 aliphatic carbocycles. The molecule has 4 nitrogen and oxygen atoms in total. The third kappa shape index (κ3) is 2.20. The van der Waals surface area contributed by atoms with E-state index in [1.165, 1.54) is 12.8 Å². The molecular formula is C11H20N4. The molecule has 15 heavy (non-hydrogen) atoms. The van der Waals surface area contributed by atoms with Crippen LogP contribution in [0.3, 0.4) is 0 Å². The molecular weight excluding hydrogens is 188 g/mol. The Labute approximate surface area is 91.1 Å². The van der Waals surface area contributed by atoms with Gasteiger partial charge in [0.25, 0.3) is 0 Å². The Morgan fingerprint density at radius 1 is 1.47 bits per heavy atom. The second-order valence-electron chi connectivity index (χ2n) is 4.28. The van der Waals surface area contributed by atoms with Crippen LogP contribution < -0.4 is 5.32 Å². The number of hydrogen-bond donors (Lipinski definition) is 1. The van der Waals surface area contributed by atoms with Crippen molar-refractivity contribution >= 4 is 0 Å². The predicted molar refractivity (Wildman–Crippen MR) is 59.9 cm³/mol. The van der Waals surface area contributed by atoms with Gasteiger partial charge in [-0.1, -0.05) is 6.92 Å². The minimum atomic E-state index is 0.565. The summed E-state index contributed by atoms with van der Waals surface area (Å²) in [6, 6.07) is 0.565. The molecule has 4 heteroatoms. The van der Waals surface area contributed by atoms with E-state index in [0.717, 1.165) is 37.6 Å². The third-order valence-corrected chi connectivity index (χ3v) is 3.05. The second-order valence-corrected chi connectivity index (χ2v) is 4.28. The first-order valence-corrected chi connectivity index (χ1v) is 5.94. The second kappa shape index (κ2) is 4.75. The Morgan fingerprint density at radius 2 is 2.33 bits per heavy atom. The van der Waals surface area contributed by atoms with Crippen LogP contribution in [0, 0.1) is 6.92 Å². The summed E-state index contributed by atoms with van der Waals surface area (Å²) in [5.74, 6) is 2.22. The van der Waals surface area contributed by atoms with Gasteiger partial charge in [0.15, 0.2) is 0 Å². The maximum Gasteiger partial charge on any atom is 0.133 e. The topological polar surface area (TPSA) is 42.7 Å². The molecule has 84 valence electrons. The van der Waals surface area contributed by atoms with Crippen LogP contribution in [-0.2, 0) is 6.42 Å². The molecule has 0 bridgehead atoms. The highest BCUT2D eigenvalue weighted by Gasteiger charge is 2.19. The van der Waals surface area contributed by atoms with Gasteiger partial charge in [0, 0.05) is 19.0 Å². The molecule has 1 unspecified atom stereocenters. The van der Waals surface area contributed by atoms with Gasteiger partial charge in [0.05, 0.1) is 0 Å². The fourth-order valence-corrected chi connectivity index (χ4v) is 2.34. The van der Waals surface area contributed by atoms with E-state index in [9.17, 15) is 0 Å².